The van der Waals surface area contributed by atoms with Crippen LogP contribution in [0.15, 0.2) is 24.3 Å². The summed E-state index contributed by atoms with van der Waals surface area (Å²) < 4.78 is 5.32. The number of nitrogens with one attached hydrogen (secondary N) is 2. The largest absolute Gasteiger partial charge is 0.379 e. The summed E-state index contributed by atoms with van der Waals surface area (Å²) in [7, 11) is 0. The Morgan fingerprint density at radius 3 is 2.65 bits per heavy atom. The fourth-order valence-corrected chi connectivity index (χ4v) is 2.78. The lowest BCUT2D eigenvalue weighted by molar-refractivity contribution is 0.0375. The minimum absolute atomic E-state index is 0.00603. The maximum atomic E-state index is 12.0. The molecule has 0 saturated carbocycles. The zero-order valence-electron chi connectivity index (χ0n) is 13.7. The highest BCUT2D eigenvalue weighted by molar-refractivity contribution is 6.30. The lowest BCUT2D eigenvalue weighted by Crippen LogP contribution is -2.40. The van der Waals surface area contributed by atoms with E-state index in [1.807, 2.05) is 24.3 Å². The highest BCUT2D eigenvalue weighted by atomic mass is 35.5. The number of nitrogens with zero attached hydrogens (tertiary/aromatic N) is 1. The molecule has 0 spiro atoms. The summed E-state index contributed by atoms with van der Waals surface area (Å²) >= 11 is 5.90. The summed E-state index contributed by atoms with van der Waals surface area (Å²) in [5.74, 6) is 0. The molecule has 2 amide bonds. The van der Waals surface area contributed by atoms with Crippen molar-refractivity contribution in [2.24, 2.45) is 0 Å². The van der Waals surface area contributed by atoms with Crippen LogP contribution in [0.25, 0.3) is 0 Å². The van der Waals surface area contributed by atoms with Crippen molar-refractivity contribution in [3.05, 3.63) is 34.9 Å². The number of rotatable bonds is 7. The average molecular weight is 340 g/mol. The van der Waals surface area contributed by atoms with E-state index in [-0.39, 0.29) is 12.1 Å². The first-order valence-electron chi connectivity index (χ1n) is 8.29. The highest BCUT2D eigenvalue weighted by Crippen LogP contribution is 2.18. The second-order valence-electron chi connectivity index (χ2n) is 5.72. The molecule has 1 heterocycles. The van der Waals surface area contributed by atoms with Crippen LogP contribution < -0.4 is 10.6 Å². The van der Waals surface area contributed by atoms with Crippen molar-refractivity contribution in [2.45, 2.75) is 25.8 Å². The lowest BCUT2D eigenvalue weighted by Gasteiger charge is -2.26. The van der Waals surface area contributed by atoms with Gasteiger partial charge >= 0.3 is 6.03 Å². The van der Waals surface area contributed by atoms with Gasteiger partial charge in [-0.15, -0.1) is 0 Å². The Morgan fingerprint density at radius 2 is 2.00 bits per heavy atom. The topological polar surface area (TPSA) is 53.6 Å². The number of carbonyl (C=O) groups is 1. The molecule has 0 aliphatic carbocycles. The predicted molar refractivity (Wildman–Crippen MR) is 92.9 cm³/mol. The molecule has 1 saturated heterocycles. The Kier molecular flexibility index (Phi) is 7.65. The Hall–Kier alpha value is -1.30. The van der Waals surface area contributed by atoms with Crippen LogP contribution in [0, 0.1) is 0 Å². The molecule has 0 bridgehead atoms. The van der Waals surface area contributed by atoms with Crippen molar-refractivity contribution in [3.63, 3.8) is 0 Å². The van der Waals surface area contributed by atoms with E-state index in [1.165, 1.54) is 0 Å². The van der Waals surface area contributed by atoms with Crippen LogP contribution in [-0.4, -0.2) is 50.3 Å². The number of hydrogen-bond donors (Lipinski definition) is 2. The number of benzene rings is 1. The molecule has 23 heavy (non-hydrogen) atoms. The number of carbonyl (C=O) groups excluding carboxylic acids is 1. The molecule has 0 radical (unpaired) electrons. The van der Waals surface area contributed by atoms with Crippen molar-refractivity contribution in [1.29, 1.82) is 0 Å². The Bertz CT molecular complexity index is 475. The molecule has 1 unspecified atom stereocenters. The van der Waals surface area contributed by atoms with Gasteiger partial charge in [0.15, 0.2) is 0 Å². The maximum absolute atomic E-state index is 12.0. The van der Waals surface area contributed by atoms with Crippen molar-refractivity contribution < 1.29 is 9.53 Å². The van der Waals surface area contributed by atoms with Gasteiger partial charge in [-0.2, -0.15) is 0 Å². The molecule has 1 aliphatic rings. The maximum Gasteiger partial charge on any atom is 0.315 e. The van der Waals surface area contributed by atoms with Crippen LogP contribution in [0.5, 0.6) is 0 Å². The summed E-state index contributed by atoms with van der Waals surface area (Å²) in [4.78, 5) is 14.4. The van der Waals surface area contributed by atoms with E-state index in [9.17, 15) is 4.79 Å². The first-order chi connectivity index (χ1) is 11.2. The van der Waals surface area contributed by atoms with Crippen LogP contribution in [0.4, 0.5) is 4.79 Å². The third-order valence-electron chi connectivity index (χ3n) is 4.03. The van der Waals surface area contributed by atoms with Crippen LogP contribution in [-0.2, 0) is 4.74 Å². The third-order valence-corrected chi connectivity index (χ3v) is 4.28. The molecule has 2 N–H and O–H groups in total. The Labute approximate surface area is 143 Å². The summed E-state index contributed by atoms with van der Waals surface area (Å²) in [5, 5.41) is 6.65. The van der Waals surface area contributed by atoms with E-state index >= 15 is 0 Å². The second kappa shape index (κ2) is 9.75. The first-order valence-corrected chi connectivity index (χ1v) is 8.66. The van der Waals surface area contributed by atoms with E-state index in [4.69, 9.17) is 16.3 Å². The quantitative estimate of drug-likeness (QED) is 0.751. The van der Waals surface area contributed by atoms with Crippen molar-refractivity contribution in [1.82, 2.24) is 15.5 Å². The van der Waals surface area contributed by atoms with Crippen molar-refractivity contribution >= 4 is 17.6 Å². The molecule has 6 heteroatoms. The molecule has 1 aromatic carbocycles. The van der Waals surface area contributed by atoms with Gasteiger partial charge in [-0.1, -0.05) is 30.7 Å². The number of halogens is 1. The zero-order valence-corrected chi connectivity index (χ0v) is 14.4. The summed E-state index contributed by atoms with van der Waals surface area (Å²) in [6.07, 6.45) is 1.79. The summed E-state index contributed by atoms with van der Waals surface area (Å²) in [6, 6.07) is 7.49. The fourth-order valence-electron chi connectivity index (χ4n) is 2.65. The lowest BCUT2D eigenvalue weighted by atomic mass is 10.1. The molecule has 1 atom stereocenters. The first kappa shape index (κ1) is 18.0. The third kappa shape index (κ3) is 6.37. The highest BCUT2D eigenvalue weighted by Gasteiger charge is 2.13. The summed E-state index contributed by atoms with van der Waals surface area (Å²) in [5.41, 5.74) is 1.07. The van der Waals surface area contributed by atoms with Gasteiger partial charge in [0.2, 0.25) is 0 Å². The molecule has 2 rings (SSSR count). The van der Waals surface area contributed by atoms with Gasteiger partial charge in [-0.05, 0) is 37.1 Å². The van der Waals surface area contributed by atoms with Gasteiger partial charge in [0.1, 0.15) is 0 Å². The van der Waals surface area contributed by atoms with E-state index in [0.717, 1.165) is 51.3 Å². The van der Waals surface area contributed by atoms with Gasteiger partial charge in [-0.3, -0.25) is 4.90 Å². The minimum atomic E-state index is -0.117. The molecule has 1 aliphatic heterocycles. The predicted octanol–water partition coefficient (Wildman–Crippen LogP) is 2.81. The van der Waals surface area contributed by atoms with Crippen LogP contribution in [0.3, 0.4) is 0 Å². The van der Waals surface area contributed by atoms with Crippen LogP contribution in [0.2, 0.25) is 5.02 Å². The number of ether oxygens (including phenoxy) is 1. The Balaban J connectivity index is 1.67. The SMILES string of the molecule is CCC(NC(=O)NCCCN1CCOCC1)c1ccc(Cl)cc1. The normalized spacial score (nSPS) is 16.8. The molecule has 0 aromatic heterocycles. The second-order valence-corrected chi connectivity index (χ2v) is 6.16. The van der Waals surface area contributed by atoms with Gasteiger partial charge < -0.3 is 15.4 Å². The van der Waals surface area contributed by atoms with Gasteiger partial charge in [0.05, 0.1) is 19.3 Å². The van der Waals surface area contributed by atoms with Gasteiger partial charge in [-0.25, -0.2) is 4.79 Å². The van der Waals surface area contributed by atoms with Crippen LogP contribution >= 0.6 is 11.6 Å². The number of morpholine rings is 1. The van der Waals surface area contributed by atoms with Gasteiger partial charge in [0.25, 0.3) is 0 Å². The molecule has 128 valence electrons. The zero-order chi connectivity index (χ0) is 16.5. The van der Waals surface area contributed by atoms with Crippen molar-refractivity contribution in [3.8, 4) is 0 Å². The smallest absolute Gasteiger partial charge is 0.315 e. The molecule has 1 aromatic rings. The molecule has 1 fully saturated rings. The van der Waals surface area contributed by atoms with Crippen molar-refractivity contribution in [2.75, 3.05) is 39.4 Å². The van der Waals surface area contributed by atoms with E-state index in [1.54, 1.807) is 0 Å². The molecular formula is C17H26ClN3O2. The summed E-state index contributed by atoms with van der Waals surface area (Å²) in [6.45, 7) is 7.33. The average Bonchev–Trinajstić information content (AvgIpc) is 2.58. The Morgan fingerprint density at radius 1 is 1.30 bits per heavy atom. The van der Waals surface area contributed by atoms with E-state index in [0.29, 0.717) is 11.6 Å². The van der Waals surface area contributed by atoms with E-state index < -0.39 is 0 Å². The van der Waals surface area contributed by atoms with Gasteiger partial charge in [0, 0.05) is 24.7 Å². The van der Waals surface area contributed by atoms with Crippen LogP contribution in [0.1, 0.15) is 31.4 Å². The fraction of sp³-hybridized carbons (Fsp3) is 0.588. The number of hydrogen-bond acceptors (Lipinski definition) is 3. The standard InChI is InChI=1S/C17H26ClN3O2/c1-2-16(14-4-6-15(18)7-5-14)20-17(22)19-8-3-9-21-10-12-23-13-11-21/h4-7,16H,2-3,8-13H2,1H3,(H2,19,20,22). The van der Waals surface area contributed by atoms with E-state index in [2.05, 4.69) is 22.5 Å². The molecule has 5 nitrogen and oxygen atoms in total. The molecular weight excluding hydrogens is 314 g/mol. The number of urea groups is 1. The monoisotopic (exact) mass is 339 g/mol. The minimum Gasteiger partial charge on any atom is -0.379 e. The number of amides is 2.